The molecule has 100 valence electrons. The fraction of sp³-hybridized carbons (Fsp3) is 0.167. The fourth-order valence-corrected chi connectivity index (χ4v) is 1.87. The van der Waals surface area contributed by atoms with Gasteiger partial charge in [0.05, 0.1) is 12.7 Å². The number of hydrogen-bond donors (Lipinski definition) is 0. The Bertz CT molecular complexity index is 602. The number of hydrogen-bond acceptors (Lipinski definition) is 3. The summed E-state index contributed by atoms with van der Waals surface area (Å²) >= 11 is 5.79. The fourth-order valence-electron chi connectivity index (χ4n) is 1.66. The minimum Gasteiger partial charge on any atom is -0.491 e. The molecule has 0 radical (unpaired) electrons. The van der Waals surface area contributed by atoms with Gasteiger partial charge in [0.2, 0.25) is 0 Å². The first-order chi connectivity index (χ1) is 8.95. The van der Waals surface area contributed by atoms with Crippen LogP contribution in [0.25, 0.3) is 11.3 Å². The van der Waals surface area contributed by atoms with Gasteiger partial charge in [0, 0.05) is 5.56 Å². The van der Waals surface area contributed by atoms with E-state index in [1.54, 1.807) is 0 Å². The van der Waals surface area contributed by atoms with Crippen molar-refractivity contribution < 1.29 is 17.9 Å². The highest BCUT2D eigenvalue weighted by molar-refractivity contribution is 6.31. The molecule has 0 aliphatic heterocycles. The van der Waals surface area contributed by atoms with Gasteiger partial charge >= 0.3 is 6.18 Å². The van der Waals surface area contributed by atoms with E-state index in [-0.39, 0.29) is 22.2 Å². The summed E-state index contributed by atoms with van der Waals surface area (Å²) in [5.74, 6) is 0.0147. The van der Waals surface area contributed by atoms with Crippen LogP contribution in [0.1, 0.15) is 5.56 Å². The van der Waals surface area contributed by atoms with Crippen molar-refractivity contribution in [1.29, 1.82) is 0 Å². The van der Waals surface area contributed by atoms with E-state index >= 15 is 0 Å². The van der Waals surface area contributed by atoms with Crippen LogP contribution >= 0.6 is 11.6 Å². The smallest absolute Gasteiger partial charge is 0.417 e. The second-order valence-corrected chi connectivity index (χ2v) is 3.95. The van der Waals surface area contributed by atoms with E-state index in [9.17, 15) is 13.2 Å². The molecule has 1 heterocycles. The summed E-state index contributed by atoms with van der Waals surface area (Å²) < 4.78 is 43.8. The average molecular weight is 289 g/mol. The van der Waals surface area contributed by atoms with Gasteiger partial charge in [-0.05, 0) is 6.07 Å². The molecule has 0 N–H and O–H groups in total. The SMILES string of the molecule is COc1c(Cl)ncnc1-c1ccccc1C(F)(F)F. The number of nitrogens with zero attached hydrogens (tertiary/aromatic N) is 2. The monoisotopic (exact) mass is 288 g/mol. The third-order valence-corrected chi connectivity index (χ3v) is 2.72. The van der Waals surface area contributed by atoms with Crippen LogP contribution in [0.15, 0.2) is 30.6 Å². The summed E-state index contributed by atoms with van der Waals surface area (Å²) in [6.45, 7) is 0. The van der Waals surface area contributed by atoms with E-state index in [1.165, 1.54) is 25.3 Å². The van der Waals surface area contributed by atoms with Crippen LogP contribution in [0.2, 0.25) is 5.15 Å². The molecule has 1 aromatic heterocycles. The van der Waals surface area contributed by atoms with Crippen LogP contribution in [-0.4, -0.2) is 17.1 Å². The molecule has 0 spiro atoms. The Hall–Kier alpha value is -1.82. The van der Waals surface area contributed by atoms with E-state index in [0.29, 0.717) is 0 Å². The van der Waals surface area contributed by atoms with E-state index in [1.807, 2.05) is 0 Å². The van der Waals surface area contributed by atoms with Crippen molar-refractivity contribution >= 4 is 11.6 Å². The Kier molecular flexibility index (Phi) is 3.61. The van der Waals surface area contributed by atoms with Crippen molar-refractivity contribution in [2.24, 2.45) is 0 Å². The Morgan fingerprint density at radius 1 is 1.16 bits per heavy atom. The highest BCUT2D eigenvalue weighted by Gasteiger charge is 2.34. The molecule has 0 aliphatic rings. The van der Waals surface area contributed by atoms with E-state index in [0.717, 1.165) is 12.4 Å². The van der Waals surface area contributed by atoms with E-state index in [2.05, 4.69) is 9.97 Å². The number of methoxy groups -OCH3 is 1. The maximum absolute atomic E-state index is 13.0. The molecule has 0 aliphatic carbocycles. The summed E-state index contributed by atoms with van der Waals surface area (Å²) in [6.07, 6.45) is -3.40. The molecule has 2 aromatic rings. The average Bonchev–Trinajstić information content (AvgIpc) is 2.37. The Morgan fingerprint density at radius 2 is 1.84 bits per heavy atom. The topological polar surface area (TPSA) is 35.0 Å². The van der Waals surface area contributed by atoms with Crippen LogP contribution in [0, 0.1) is 0 Å². The van der Waals surface area contributed by atoms with Gasteiger partial charge in [0.1, 0.15) is 12.0 Å². The van der Waals surface area contributed by atoms with E-state index in [4.69, 9.17) is 16.3 Å². The van der Waals surface area contributed by atoms with Gasteiger partial charge in [0.25, 0.3) is 0 Å². The molecule has 0 amide bonds. The number of ether oxygens (including phenoxy) is 1. The second kappa shape index (κ2) is 5.05. The van der Waals surface area contributed by atoms with Gasteiger partial charge in [0.15, 0.2) is 10.9 Å². The number of halogens is 4. The number of rotatable bonds is 2. The normalized spacial score (nSPS) is 11.4. The van der Waals surface area contributed by atoms with Crippen LogP contribution < -0.4 is 4.74 Å². The molecule has 0 saturated carbocycles. The number of benzene rings is 1. The first-order valence-corrected chi connectivity index (χ1v) is 5.54. The molecule has 0 unspecified atom stereocenters. The molecule has 7 heteroatoms. The maximum atomic E-state index is 13.0. The van der Waals surface area contributed by atoms with Crippen molar-refractivity contribution in [3.63, 3.8) is 0 Å². The lowest BCUT2D eigenvalue weighted by Crippen LogP contribution is -2.08. The lowest BCUT2D eigenvalue weighted by molar-refractivity contribution is -0.137. The van der Waals surface area contributed by atoms with E-state index < -0.39 is 11.7 Å². The summed E-state index contributed by atoms with van der Waals surface area (Å²) in [5, 5.41) is -0.0375. The quantitative estimate of drug-likeness (QED) is 0.788. The van der Waals surface area contributed by atoms with Crippen LogP contribution in [-0.2, 0) is 6.18 Å². The zero-order valence-corrected chi connectivity index (χ0v) is 10.5. The van der Waals surface area contributed by atoms with Crippen molar-refractivity contribution in [2.45, 2.75) is 6.18 Å². The predicted molar refractivity (Wildman–Crippen MR) is 64.0 cm³/mol. The molecule has 0 fully saturated rings. The Morgan fingerprint density at radius 3 is 2.47 bits per heavy atom. The molecule has 1 aromatic carbocycles. The van der Waals surface area contributed by atoms with Gasteiger partial charge in [-0.3, -0.25) is 0 Å². The minimum absolute atomic E-state index is 0.00965. The first-order valence-electron chi connectivity index (χ1n) is 5.16. The van der Waals surface area contributed by atoms with Gasteiger partial charge in [-0.2, -0.15) is 13.2 Å². The van der Waals surface area contributed by atoms with Gasteiger partial charge < -0.3 is 4.74 Å². The van der Waals surface area contributed by atoms with Gasteiger partial charge in [-0.1, -0.05) is 29.8 Å². The number of alkyl halides is 3. The van der Waals surface area contributed by atoms with Crippen molar-refractivity contribution in [1.82, 2.24) is 9.97 Å². The van der Waals surface area contributed by atoms with Crippen LogP contribution in [0.3, 0.4) is 0 Å². The van der Waals surface area contributed by atoms with Crippen LogP contribution in [0.4, 0.5) is 13.2 Å². The largest absolute Gasteiger partial charge is 0.491 e. The van der Waals surface area contributed by atoms with Gasteiger partial charge in [-0.15, -0.1) is 0 Å². The molecule has 3 nitrogen and oxygen atoms in total. The third kappa shape index (κ3) is 2.63. The van der Waals surface area contributed by atoms with Crippen LogP contribution in [0.5, 0.6) is 5.75 Å². The summed E-state index contributed by atoms with van der Waals surface area (Å²) in [4.78, 5) is 7.51. The molecule has 0 atom stereocenters. The first kappa shape index (κ1) is 13.6. The molecular formula is C12H8ClF3N2O. The van der Waals surface area contributed by atoms with Crippen molar-refractivity contribution in [3.8, 4) is 17.0 Å². The Balaban J connectivity index is 2.70. The second-order valence-electron chi connectivity index (χ2n) is 3.59. The standard InChI is InChI=1S/C12H8ClF3N2O/c1-19-10-9(17-6-18-11(10)13)7-4-2-3-5-8(7)12(14,15)16/h2-6H,1H3. The minimum atomic E-state index is -4.49. The van der Waals surface area contributed by atoms with Crippen molar-refractivity contribution in [3.05, 3.63) is 41.3 Å². The molecular weight excluding hydrogens is 281 g/mol. The zero-order chi connectivity index (χ0) is 14.0. The highest BCUT2D eigenvalue weighted by atomic mass is 35.5. The summed E-state index contributed by atoms with van der Waals surface area (Å²) in [6, 6.07) is 5.08. The zero-order valence-electron chi connectivity index (χ0n) is 9.70. The highest BCUT2D eigenvalue weighted by Crippen LogP contribution is 2.40. The van der Waals surface area contributed by atoms with Crippen molar-refractivity contribution in [2.75, 3.05) is 7.11 Å². The summed E-state index contributed by atoms with van der Waals surface area (Å²) in [7, 11) is 1.30. The number of aromatic nitrogens is 2. The Labute approximate surface area is 112 Å². The molecule has 19 heavy (non-hydrogen) atoms. The lowest BCUT2D eigenvalue weighted by Gasteiger charge is -2.14. The third-order valence-electron chi connectivity index (χ3n) is 2.45. The molecule has 2 rings (SSSR count). The predicted octanol–water partition coefficient (Wildman–Crippen LogP) is 3.82. The summed E-state index contributed by atoms with van der Waals surface area (Å²) in [5.41, 5.74) is -0.894. The van der Waals surface area contributed by atoms with Gasteiger partial charge in [-0.25, -0.2) is 9.97 Å². The lowest BCUT2D eigenvalue weighted by atomic mass is 10.0. The molecule has 0 bridgehead atoms. The molecule has 0 saturated heterocycles. The maximum Gasteiger partial charge on any atom is 0.417 e.